The van der Waals surface area contributed by atoms with Gasteiger partial charge in [-0.25, -0.2) is 9.97 Å². The fraction of sp³-hybridized carbons (Fsp3) is 0.167. The summed E-state index contributed by atoms with van der Waals surface area (Å²) in [5.41, 5.74) is 5.50. The minimum Gasteiger partial charge on any atom is -0.378 e. The van der Waals surface area contributed by atoms with Crippen LogP contribution in [0.2, 0.25) is 0 Å². The van der Waals surface area contributed by atoms with Crippen LogP contribution in [-0.4, -0.2) is 36.3 Å². The first-order chi connectivity index (χ1) is 14.4. The zero-order valence-electron chi connectivity index (χ0n) is 16.1. The smallest absolute Gasteiger partial charge is 0.141 e. The van der Waals surface area contributed by atoms with Crippen molar-refractivity contribution in [1.82, 2.24) is 9.97 Å². The lowest BCUT2D eigenvalue weighted by molar-refractivity contribution is 0.122. The van der Waals surface area contributed by atoms with Gasteiger partial charge >= 0.3 is 0 Å². The number of nitrogens with zero attached hydrogens (tertiary/aromatic N) is 3. The van der Waals surface area contributed by atoms with Crippen molar-refractivity contribution in [1.29, 1.82) is 0 Å². The van der Waals surface area contributed by atoms with E-state index in [0.717, 1.165) is 54.3 Å². The SMILES string of the molecule is c1ccc(Nc2ncnc3ccc(-c4cccc(N5CCOCC5)c4)cc23)cc1. The molecule has 3 aromatic carbocycles. The number of ether oxygens (including phenoxy) is 1. The lowest BCUT2D eigenvalue weighted by Crippen LogP contribution is -2.36. The van der Waals surface area contributed by atoms with E-state index in [9.17, 15) is 0 Å². The molecule has 29 heavy (non-hydrogen) atoms. The van der Waals surface area contributed by atoms with Crippen LogP contribution in [-0.2, 0) is 4.74 Å². The van der Waals surface area contributed by atoms with Crippen molar-refractivity contribution < 1.29 is 4.74 Å². The highest BCUT2D eigenvalue weighted by Gasteiger charge is 2.12. The molecule has 0 saturated carbocycles. The molecule has 4 aromatic rings. The molecule has 1 fully saturated rings. The van der Waals surface area contributed by atoms with Gasteiger partial charge in [0.25, 0.3) is 0 Å². The first-order valence-electron chi connectivity index (χ1n) is 9.87. The third-order valence-corrected chi connectivity index (χ3v) is 5.23. The van der Waals surface area contributed by atoms with Crippen LogP contribution >= 0.6 is 0 Å². The highest BCUT2D eigenvalue weighted by Crippen LogP contribution is 2.30. The van der Waals surface area contributed by atoms with Crippen molar-refractivity contribution in [2.24, 2.45) is 0 Å². The third kappa shape index (κ3) is 3.77. The van der Waals surface area contributed by atoms with Gasteiger partial charge in [-0.1, -0.05) is 36.4 Å². The van der Waals surface area contributed by atoms with Crippen LogP contribution < -0.4 is 10.2 Å². The molecular weight excluding hydrogens is 360 g/mol. The summed E-state index contributed by atoms with van der Waals surface area (Å²) in [5.74, 6) is 0.812. The quantitative estimate of drug-likeness (QED) is 0.545. The molecule has 0 spiro atoms. The molecule has 5 heteroatoms. The van der Waals surface area contributed by atoms with Crippen LogP contribution in [0.1, 0.15) is 0 Å². The van der Waals surface area contributed by atoms with E-state index in [1.807, 2.05) is 30.3 Å². The topological polar surface area (TPSA) is 50.3 Å². The second-order valence-electron chi connectivity index (χ2n) is 7.09. The highest BCUT2D eigenvalue weighted by molar-refractivity contribution is 5.94. The normalized spacial score (nSPS) is 14.1. The van der Waals surface area contributed by atoms with Gasteiger partial charge in [0.05, 0.1) is 18.7 Å². The van der Waals surface area contributed by atoms with Crippen molar-refractivity contribution in [3.8, 4) is 11.1 Å². The van der Waals surface area contributed by atoms with Gasteiger partial charge in [-0.3, -0.25) is 0 Å². The Hall–Kier alpha value is -3.44. The maximum absolute atomic E-state index is 5.48. The molecule has 0 unspecified atom stereocenters. The number of morpholine rings is 1. The molecule has 0 bridgehead atoms. The molecule has 0 amide bonds. The van der Waals surface area contributed by atoms with Crippen LogP contribution in [0, 0.1) is 0 Å². The zero-order valence-corrected chi connectivity index (χ0v) is 16.1. The largest absolute Gasteiger partial charge is 0.378 e. The number of anilines is 3. The fourth-order valence-electron chi connectivity index (χ4n) is 3.70. The maximum atomic E-state index is 5.48. The highest BCUT2D eigenvalue weighted by atomic mass is 16.5. The summed E-state index contributed by atoms with van der Waals surface area (Å²) in [7, 11) is 0. The van der Waals surface area contributed by atoms with Gasteiger partial charge in [-0.15, -0.1) is 0 Å². The lowest BCUT2D eigenvalue weighted by Gasteiger charge is -2.29. The summed E-state index contributed by atoms with van der Waals surface area (Å²) < 4.78 is 5.48. The molecule has 5 nitrogen and oxygen atoms in total. The van der Waals surface area contributed by atoms with E-state index in [4.69, 9.17) is 4.74 Å². The van der Waals surface area contributed by atoms with Gasteiger partial charge in [0.2, 0.25) is 0 Å². The third-order valence-electron chi connectivity index (χ3n) is 5.23. The second-order valence-corrected chi connectivity index (χ2v) is 7.09. The summed E-state index contributed by atoms with van der Waals surface area (Å²) >= 11 is 0. The van der Waals surface area contributed by atoms with Gasteiger partial charge in [-0.05, 0) is 47.5 Å². The maximum Gasteiger partial charge on any atom is 0.141 e. The van der Waals surface area contributed by atoms with Crippen molar-refractivity contribution >= 4 is 28.1 Å². The second kappa shape index (κ2) is 7.89. The molecule has 0 aliphatic carbocycles. The molecule has 144 valence electrons. The lowest BCUT2D eigenvalue weighted by atomic mass is 10.0. The molecule has 1 aromatic heterocycles. The van der Waals surface area contributed by atoms with Crippen molar-refractivity contribution in [3.63, 3.8) is 0 Å². The van der Waals surface area contributed by atoms with E-state index in [1.165, 1.54) is 11.3 Å². The Morgan fingerprint density at radius 3 is 2.48 bits per heavy atom. The first kappa shape index (κ1) is 17.6. The molecule has 0 atom stereocenters. The molecule has 1 aliphatic rings. The number of nitrogens with one attached hydrogen (secondary N) is 1. The Bertz CT molecular complexity index is 1120. The standard InChI is InChI=1S/C24H22N4O/c1-2-6-20(7-3-1)27-24-22-16-19(9-10-23(22)25-17-26-24)18-5-4-8-21(15-18)28-11-13-29-14-12-28/h1-10,15-17H,11-14H2,(H,25,26,27). The molecular formula is C24H22N4O. The minimum absolute atomic E-state index is 0.784. The Balaban J connectivity index is 1.52. The summed E-state index contributed by atoms with van der Waals surface area (Å²) in [6.45, 7) is 3.43. The first-order valence-corrected chi connectivity index (χ1v) is 9.87. The molecule has 2 heterocycles. The van der Waals surface area contributed by atoms with Crippen molar-refractivity contribution in [2.45, 2.75) is 0 Å². The van der Waals surface area contributed by atoms with E-state index in [0.29, 0.717) is 0 Å². The molecule has 1 aliphatic heterocycles. The van der Waals surface area contributed by atoms with Crippen LogP contribution in [0.5, 0.6) is 0 Å². The van der Waals surface area contributed by atoms with E-state index >= 15 is 0 Å². The van der Waals surface area contributed by atoms with E-state index in [-0.39, 0.29) is 0 Å². The van der Waals surface area contributed by atoms with E-state index < -0.39 is 0 Å². The Morgan fingerprint density at radius 1 is 0.793 bits per heavy atom. The van der Waals surface area contributed by atoms with Gasteiger partial charge in [0.15, 0.2) is 0 Å². The Morgan fingerprint density at radius 2 is 1.62 bits per heavy atom. The zero-order chi connectivity index (χ0) is 19.5. The average molecular weight is 382 g/mol. The number of rotatable bonds is 4. The Labute approximate surface area is 170 Å². The van der Waals surface area contributed by atoms with Gasteiger partial charge in [0, 0.05) is 29.9 Å². The monoisotopic (exact) mass is 382 g/mol. The van der Waals surface area contributed by atoms with Gasteiger partial charge < -0.3 is 15.0 Å². The number of hydrogen-bond acceptors (Lipinski definition) is 5. The van der Waals surface area contributed by atoms with Crippen LogP contribution in [0.4, 0.5) is 17.2 Å². The average Bonchev–Trinajstić information content (AvgIpc) is 2.80. The molecule has 1 N–H and O–H groups in total. The predicted molar refractivity (Wildman–Crippen MR) is 118 cm³/mol. The van der Waals surface area contributed by atoms with Crippen LogP contribution in [0.15, 0.2) is 79.1 Å². The number of fused-ring (bicyclic) bond motifs is 1. The van der Waals surface area contributed by atoms with E-state index in [2.05, 4.69) is 62.6 Å². The molecule has 0 radical (unpaired) electrons. The minimum atomic E-state index is 0.784. The number of hydrogen-bond donors (Lipinski definition) is 1. The van der Waals surface area contributed by atoms with Crippen molar-refractivity contribution in [3.05, 3.63) is 79.1 Å². The summed E-state index contributed by atoms with van der Waals surface area (Å²) in [4.78, 5) is 11.3. The summed E-state index contributed by atoms with van der Waals surface area (Å²) in [6.07, 6.45) is 1.60. The summed E-state index contributed by atoms with van der Waals surface area (Å²) in [5, 5.41) is 4.42. The van der Waals surface area contributed by atoms with E-state index in [1.54, 1.807) is 6.33 Å². The number of aromatic nitrogens is 2. The Kier molecular flexibility index (Phi) is 4.80. The molecule has 5 rings (SSSR count). The fourth-order valence-corrected chi connectivity index (χ4v) is 3.70. The van der Waals surface area contributed by atoms with Crippen LogP contribution in [0.25, 0.3) is 22.0 Å². The van der Waals surface area contributed by atoms with Crippen LogP contribution in [0.3, 0.4) is 0 Å². The van der Waals surface area contributed by atoms with Gasteiger partial charge in [0.1, 0.15) is 12.1 Å². The number of para-hydroxylation sites is 1. The van der Waals surface area contributed by atoms with Gasteiger partial charge in [-0.2, -0.15) is 0 Å². The predicted octanol–water partition coefficient (Wildman–Crippen LogP) is 4.88. The summed E-state index contributed by atoms with van der Waals surface area (Å²) in [6, 6.07) is 25.1. The molecule has 1 saturated heterocycles. The van der Waals surface area contributed by atoms with Crippen molar-refractivity contribution in [2.75, 3.05) is 36.5 Å². The number of benzene rings is 3.